The second-order valence-corrected chi connectivity index (χ2v) is 4.16. The van der Waals surface area contributed by atoms with E-state index >= 15 is 0 Å². The molecule has 0 aliphatic heterocycles. The fourth-order valence-electron chi connectivity index (χ4n) is 1.62. The fraction of sp³-hybridized carbons (Fsp3) is 0.538. The van der Waals surface area contributed by atoms with Gasteiger partial charge in [-0.15, -0.1) is 0 Å². The summed E-state index contributed by atoms with van der Waals surface area (Å²) in [6.45, 7) is 3.40. The predicted octanol–water partition coefficient (Wildman–Crippen LogP) is 0.376. The van der Waals surface area contributed by atoms with Crippen molar-refractivity contribution < 1.29 is 19.1 Å². The first-order valence-electron chi connectivity index (χ1n) is 6.41. The number of carbonyl (C=O) groups is 2. The number of amides is 1. The van der Waals surface area contributed by atoms with Gasteiger partial charge in [-0.05, 0) is 13.0 Å². The molecule has 0 aromatic carbocycles. The molecule has 0 fully saturated rings. The summed E-state index contributed by atoms with van der Waals surface area (Å²) in [5.41, 5.74) is 0.962. The molecule has 1 aromatic heterocycles. The van der Waals surface area contributed by atoms with Crippen molar-refractivity contribution in [3.63, 3.8) is 0 Å². The number of hydrogen-bond acceptors (Lipinski definition) is 5. The van der Waals surface area contributed by atoms with Crippen molar-refractivity contribution >= 4 is 17.6 Å². The summed E-state index contributed by atoms with van der Waals surface area (Å²) >= 11 is 0. The number of esters is 1. The zero-order valence-corrected chi connectivity index (χ0v) is 12.1. The number of aromatic nitrogens is 1. The molecule has 7 nitrogen and oxygen atoms in total. The predicted molar refractivity (Wildman–Crippen MR) is 74.7 cm³/mol. The smallest absolute Gasteiger partial charge is 0.355 e. The van der Waals surface area contributed by atoms with Crippen LogP contribution in [-0.2, 0) is 21.3 Å². The van der Waals surface area contributed by atoms with Crippen LogP contribution in [0.5, 0.6) is 0 Å². The Hall–Kier alpha value is -1.86. The molecule has 0 saturated heterocycles. The van der Waals surface area contributed by atoms with Gasteiger partial charge in [-0.25, -0.2) is 4.79 Å². The van der Waals surface area contributed by atoms with Gasteiger partial charge in [-0.2, -0.15) is 0 Å². The van der Waals surface area contributed by atoms with E-state index in [9.17, 15) is 9.59 Å². The van der Waals surface area contributed by atoms with Crippen LogP contribution < -0.4 is 10.6 Å². The third-order valence-corrected chi connectivity index (χ3v) is 2.54. The van der Waals surface area contributed by atoms with Crippen molar-refractivity contribution in [1.82, 2.24) is 9.88 Å². The van der Waals surface area contributed by atoms with Gasteiger partial charge < -0.3 is 24.7 Å². The van der Waals surface area contributed by atoms with E-state index < -0.39 is 5.97 Å². The molecule has 0 atom stereocenters. The maximum Gasteiger partial charge on any atom is 0.355 e. The van der Waals surface area contributed by atoms with E-state index in [2.05, 4.69) is 10.6 Å². The van der Waals surface area contributed by atoms with Crippen molar-refractivity contribution in [3.05, 3.63) is 18.0 Å². The molecule has 0 aliphatic carbocycles. The lowest BCUT2D eigenvalue weighted by Crippen LogP contribution is -2.30. The normalized spacial score (nSPS) is 10.3. The molecule has 0 unspecified atom stereocenters. The molecule has 20 heavy (non-hydrogen) atoms. The number of anilines is 1. The first kappa shape index (κ1) is 16.2. The van der Waals surface area contributed by atoms with Gasteiger partial charge in [0, 0.05) is 26.9 Å². The topological polar surface area (TPSA) is 81.6 Å². The van der Waals surface area contributed by atoms with Crippen molar-refractivity contribution in [2.24, 2.45) is 7.05 Å². The maximum absolute atomic E-state index is 11.7. The minimum absolute atomic E-state index is 0.179. The highest BCUT2D eigenvalue weighted by Crippen LogP contribution is 2.13. The number of rotatable bonds is 8. The number of methoxy groups -OCH3 is 1. The highest BCUT2D eigenvalue weighted by molar-refractivity contribution is 5.95. The van der Waals surface area contributed by atoms with Crippen LogP contribution >= 0.6 is 0 Å². The number of ether oxygens (including phenoxy) is 2. The lowest BCUT2D eigenvalue weighted by molar-refractivity contribution is -0.115. The standard InChI is InChI=1S/C13H21N3O4/c1-4-20-13(18)11-7-10(9-16(11)2)15-12(17)8-14-5-6-19-3/h7,9,14H,4-6,8H2,1-3H3,(H,15,17). The fourth-order valence-corrected chi connectivity index (χ4v) is 1.62. The Kier molecular flexibility index (Phi) is 6.75. The second kappa shape index (κ2) is 8.34. The molecule has 2 N–H and O–H groups in total. The Morgan fingerprint density at radius 2 is 2.15 bits per heavy atom. The van der Waals surface area contributed by atoms with Crippen LogP contribution in [0.1, 0.15) is 17.4 Å². The summed E-state index contributed by atoms with van der Waals surface area (Å²) in [5.74, 6) is -0.587. The second-order valence-electron chi connectivity index (χ2n) is 4.16. The molecular formula is C13H21N3O4. The van der Waals surface area contributed by atoms with Crippen LogP contribution in [0, 0.1) is 0 Å². The Morgan fingerprint density at radius 3 is 2.80 bits per heavy atom. The van der Waals surface area contributed by atoms with Crippen LogP contribution in [0.2, 0.25) is 0 Å². The Morgan fingerprint density at radius 1 is 1.40 bits per heavy atom. The number of hydrogen-bond donors (Lipinski definition) is 2. The molecule has 1 amide bonds. The van der Waals surface area contributed by atoms with Crippen LogP contribution in [-0.4, -0.2) is 49.9 Å². The average molecular weight is 283 g/mol. The van der Waals surface area contributed by atoms with Gasteiger partial charge in [-0.1, -0.05) is 0 Å². The molecule has 1 heterocycles. The van der Waals surface area contributed by atoms with Crippen molar-refractivity contribution in [2.45, 2.75) is 6.92 Å². The van der Waals surface area contributed by atoms with Gasteiger partial charge in [0.2, 0.25) is 5.91 Å². The zero-order chi connectivity index (χ0) is 15.0. The van der Waals surface area contributed by atoms with Gasteiger partial charge in [0.25, 0.3) is 0 Å². The van der Waals surface area contributed by atoms with E-state index in [1.807, 2.05) is 0 Å². The first-order chi connectivity index (χ1) is 9.58. The third-order valence-electron chi connectivity index (χ3n) is 2.54. The summed E-state index contributed by atoms with van der Waals surface area (Å²) in [6, 6.07) is 1.59. The number of aryl methyl sites for hydroxylation is 1. The minimum atomic E-state index is -0.409. The summed E-state index contributed by atoms with van der Waals surface area (Å²) in [5, 5.41) is 5.64. The maximum atomic E-state index is 11.7. The molecule has 0 aliphatic rings. The summed E-state index contributed by atoms with van der Waals surface area (Å²) in [7, 11) is 3.32. The van der Waals surface area contributed by atoms with Gasteiger partial charge in [0.15, 0.2) is 0 Å². The van der Waals surface area contributed by atoms with Crippen LogP contribution in [0.3, 0.4) is 0 Å². The van der Waals surface area contributed by atoms with Crippen molar-refractivity contribution in [1.29, 1.82) is 0 Å². The SMILES string of the molecule is CCOC(=O)c1cc(NC(=O)CNCCOC)cn1C. The van der Waals surface area contributed by atoms with Gasteiger partial charge in [0.05, 0.1) is 25.4 Å². The molecule has 0 radical (unpaired) electrons. The molecule has 0 bridgehead atoms. The third kappa shape index (κ3) is 5.02. The van der Waals surface area contributed by atoms with E-state index in [-0.39, 0.29) is 12.5 Å². The van der Waals surface area contributed by atoms with Gasteiger partial charge >= 0.3 is 5.97 Å². The zero-order valence-electron chi connectivity index (χ0n) is 12.1. The van der Waals surface area contributed by atoms with E-state index in [0.717, 1.165) is 0 Å². The van der Waals surface area contributed by atoms with E-state index in [1.165, 1.54) is 0 Å². The van der Waals surface area contributed by atoms with E-state index in [0.29, 0.717) is 31.1 Å². The molecule has 1 rings (SSSR count). The van der Waals surface area contributed by atoms with Crippen LogP contribution in [0.15, 0.2) is 12.3 Å². The Balaban J connectivity index is 2.50. The number of nitrogens with zero attached hydrogens (tertiary/aromatic N) is 1. The lowest BCUT2D eigenvalue weighted by Gasteiger charge is -2.04. The highest BCUT2D eigenvalue weighted by atomic mass is 16.5. The minimum Gasteiger partial charge on any atom is -0.461 e. The Bertz CT molecular complexity index is 456. The van der Waals surface area contributed by atoms with E-state index in [4.69, 9.17) is 9.47 Å². The number of nitrogens with one attached hydrogen (secondary N) is 2. The summed E-state index contributed by atoms with van der Waals surface area (Å²) in [4.78, 5) is 23.3. The Labute approximate surface area is 118 Å². The largest absolute Gasteiger partial charge is 0.461 e. The van der Waals surface area contributed by atoms with Gasteiger partial charge in [0.1, 0.15) is 5.69 Å². The van der Waals surface area contributed by atoms with E-state index in [1.54, 1.807) is 37.9 Å². The molecule has 7 heteroatoms. The molecule has 1 aromatic rings. The monoisotopic (exact) mass is 283 g/mol. The van der Waals surface area contributed by atoms with Crippen molar-refractivity contribution in [2.75, 3.05) is 38.7 Å². The molecule has 112 valence electrons. The summed E-state index contributed by atoms with van der Waals surface area (Å²) in [6.07, 6.45) is 1.67. The molecule has 0 saturated carbocycles. The lowest BCUT2D eigenvalue weighted by atomic mass is 10.4. The average Bonchev–Trinajstić information content (AvgIpc) is 2.76. The van der Waals surface area contributed by atoms with Crippen molar-refractivity contribution in [3.8, 4) is 0 Å². The quantitative estimate of drug-likeness (QED) is 0.532. The summed E-state index contributed by atoms with van der Waals surface area (Å²) < 4.78 is 11.4. The molecular weight excluding hydrogens is 262 g/mol. The first-order valence-corrected chi connectivity index (χ1v) is 6.41. The van der Waals surface area contributed by atoms with Crippen LogP contribution in [0.4, 0.5) is 5.69 Å². The molecule has 0 spiro atoms. The number of carbonyl (C=O) groups excluding carboxylic acids is 2. The van der Waals surface area contributed by atoms with Gasteiger partial charge in [-0.3, -0.25) is 4.79 Å². The van der Waals surface area contributed by atoms with Crippen LogP contribution in [0.25, 0.3) is 0 Å². The highest BCUT2D eigenvalue weighted by Gasteiger charge is 2.13.